The minimum atomic E-state index is -1.72. The average Bonchev–Trinajstić information content (AvgIpc) is 3.80. The fourth-order valence-electron chi connectivity index (χ4n) is 7.24. The minimum Gasteiger partial charge on any atom is 0 e. The summed E-state index contributed by atoms with van der Waals surface area (Å²) in [5, 5.41) is 3.23. The van der Waals surface area contributed by atoms with Gasteiger partial charge >= 0.3 is 99.8 Å². The second kappa shape index (κ2) is 15.7. The summed E-state index contributed by atoms with van der Waals surface area (Å²) in [6.07, 6.45) is 2.04. The molecule has 0 aliphatic rings. The van der Waals surface area contributed by atoms with Crippen LogP contribution in [-0.2, 0) is 20.1 Å². The smallest absolute Gasteiger partial charge is 0 e. The number of hydrogen-bond acceptors (Lipinski definition) is 4. The van der Waals surface area contributed by atoms with Gasteiger partial charge in [-0.2, -0.15) is 0 Å². The molecule has 0 saturated carbocycles. The summed E-state index contributed by atoms with van der Waals surface area (Å²) < 4.78 is 25.5. The van der Waals surface area contributed by atoms with E-state index < -0.39 is 13.3 Å². The summed E-state index contributed by atoms with van der Waals surface area (Å²) >= 11 is -1.72. The van der Waals surface area contributed by atoms with Crippen LogP contribution in [0.2, 0.25) is 17.3 Å². The van der Waals surface area contributed by atoms with E-state index in [1.807, 2.05) is 141 Å². The molecule has 4 aromatic heterocycles. The quantitative estimate of drug-likeness (QED) is 0.127. The van der Waals surface area contributed by atoms with Crippen LogP contribution in [0.5, 0.6) is 0 Å². The first-order valence-electron chi connectivity index (χ1n) is 18.6. The molecular formula is C49H37FGeIrN4O-2. The van der Waals surface area contributed by atoms with E-state index in [0.717, 1.165) is 66.5 Å². The maximum atomic E-state index is 15.6. The summed E-state index contributed by atoms with van der Waals surface area (Å²) in [7, 11) is 0. The number of aromatic nitrogens is 4. The van der Waals surface area contributed by atoms with Gasteiger partial charge in [0.2, 0.25) is 5.71 Å². The second-order valence-electron chi connectivity index (χ2n) is 14.9. The first-order chi connectivity index (χ1) is 27.2. The Morgan fingerprint density at radius 3 is 2.19 bits per heavy atom. The number of furan rings is 1. The summed E-state index contributed by atoms with van der Waals surface area (Å²) in [5.41, 5.74) is 9.19. The summed E-state index contributed by atoms with van der Waals surface area (Å²) in [4.78, 5) is 14.3. The first-order valence-corrected chi connectivity index (χ1v) is 26.0. The molecule has 8 heteroatoms. The number of benzene rings is 6. The van der Waals surface area contributed by atoms with E-state index >= 15 is 4.39 Å². The van der Waals surface area contributed by atoms with Crippen molar-refractivity contribution in [2.75, 3.05) is 0 Å². The third kappa shape index (κ3) is 7.23. The van der Waals surface area contributed by atoms with Crippen molar-refractivity contribution in [3.8, 4) is 39.5 Å². The standard InChI is InChI=1S/C35H21FN3O.C14H16GeN.Ir/c1-21-18-19-26-25-14-9-15-27(33(25)40-35(26)37-21)34-38-30-16-7-8-17-31(30)39(34)32-24-13-6-5-12-23(24)29(36)20-28(32)22-10-3-2-4-11-22;1-15(2,3)13-9-10-14(16-11-13)12-7-5-4-6-8-12;/h2-14,16-20H,1H3;4-7,9-11H,1-3H3;/q2*-1;. The van der Waals surface area contributed by atoms with Gasteiger partial charge in [0.05, 0.1) is 28.1 Å². The molecule has 0 saturated heterocycles. The molecule has 0 spiro atoms. The van der Waals surface area contributed by atoms with Gasteiger partial charge in [0.25, 0.3) is 0 Å². The molecule has 10 aromatic rings. The Labute approximate surface area is 347 Å². The van der Waals surface area contributed by atoms with Crippen molar-refractivity contribution in [1.82, 2.24) is 19.5 Å². The number of para-hydroxylation sites is 2. The molecule has 0 N–H and O–H groups in total. The molecule has 0 atom stereocenters. The largest absolute Gasteiger partial charge is 0 e. The summed E-state index contributed by atoms with van der Waals surface area (Å²) in [6.45, 7) is 1.95. The van der Waals surface area contributed by atoms with Crippen LogP contribution < -0.4 is 4.40 Å². The predicted octanol–water partition coefficient (Wildman–Crippen LogP) is 12.1. The van der Waals surface area contributed by atoms with Crippen LogP contribution in [0.4, 0.5) is 4.39 Å². The predicted molar refractivity (Wildman–Crippen MR) is 230 cm³/mol. The number of imidazole rings is 1. The third-order valence-electron chi connectivity index (χ3n) is 10.1. The van der Waals surface area contributed by atoms with Gasteiger partial charge in [-0.15, -0.1) is 18.2 Å². The van der Waals surface area contributed by atoms with E-state index in [1.165, 1.54) is 4.40 Å². The number of fused-ring (bicyclic) bond motifs is 5. The van der Waals surface area contributed by atoms with E-state index in [2.05, 4.69) is 56.1 Å². The van der Waals surface area contributed by atoms with Crippen LogP contribution in [0.15, 0.2) is 156 Å². The van der Waals surface area contributed by atoms with Gasteiger partial charge in [-0.1, -0.05) is 77.7 Å². The van der Waals surface area contributed by atoms with E-state index in [0.29, 0.717) is 22.5 Å². The number of aryl methyl sites for hydroxylation is 1. The van der Waals surface area contributed by atoms with Gasteiger partial charge in [0.15, 0.2) is 0 Å². The van der Waals surface area contributed by atoms with Crippen molar-refractivity contribution in [2.24, 2.45) is 0 Å². The molecule has 281 valence electrons. The van der Waals surface area contributed by atoms with E-state index in [9.17, 15) is 0 Å². The Balaban J connectivity index is 0.000000226. The van der Waals surface area contributed by atoms with Gasteiger partial charge in [-0.3, -0.25) is 4.98 Å². The second-order valence-corrected chi connectivity index (χ2v) is 25.5. The average molecular weight is 982 g/mol. The van der Waals surface area contributed by atoms with Gasteiger partial charge in [0.1, 0.15) is 5.82 Å². The van der Waals surface area contributed by atoms with Crippen LogP contribution in [0.3, 0.4) is 0 Å². The Morgan fingerprint density at radius 1 is 0.684 bits per heavy atom. The number of halogens is 1. The summed E-state index contributed by atoms with van der Waals surface area (Å²) in [5.74, 6) is 7.54. The molecule has 4 heterocycles. The number of nitrogens with zero attached hydrogens (tertiary/aromatic N) is 4. The molecule has 10 rings (SSSR count). The zero-order valence-electron chi connectivity index (χ0n) is 31.8. The zero-order chi connectivity index (χ0) is 38.4. The number of hydrogen-bond donors (Lipinski definition) is 0. The normalized spacial score (nSPS) is 11.5. The van der Waals surface area contributed by atoms with Crippen molar-refractivity contribution < 1.29 is 28.9 Å². The molecule has 0 unspecified atom stereocenters. The number of pyridine rings is 2. The number of rotatable bonds is 5. The molecule has 0 aliphatic carbocycles. The van der Waals surface area contributed by atoms with E-state index in [1.54, 1.807) is 6.07 Å². The monoisotopic (exact) mass is 983 g/mol. The Bertz CT molecular complexity index is 3030. The Hall–Kier alpha value is -5.73. The first kappa shape index (κ1) is 38.2. The molecule has 0 fully saturated rings. The molecule has 0 bridgehead atoms. The molecule has 0 amide bonds. The van der Waals surface area contributed by atoms with Gasteiger partial charge in [-0.25, -0.2) is 9.37 Å². The Morgan fingerprint density at radius 2 is 1.44 bits per heavy atom. The molecular weight excluding hydrogens is 944 g/mol. The zero-order valence-corrected chi connectivity index (χ0v) is 36.3. The molecule has 5 nitrogen and oxygen atoms in total. The topological polar surface area (TPSA) is 56.7 Å². The fraction of sp³-hybridized carbons (Fsp3) is 0.0816. The van der Waals surface area contributed by atoms with Gasteiger partial charge < -0.3 is 8.98 Å². The van der Waals surface area contributed by atoms with Gasteiger partial charge in [0, 0.05) is 47.5 Å². The maximum Gasteiger partial charge on any atom is 0 e. The minimum absolute atomic E-state index is 0. The van der Waals surface area contributed by atoms with Crippen molar-refractivity contribution in [3.63, 3.8) is 0 Å². The maximum absolute atomic E-state index is 15.6. The summed E-state index contributed by atoms with van der Waals surface area (Å²) in [6, 6.07) is 54.0. The van der Waals surface area contributed by atoms with Crippen LogP contribution in [0.25, 0.3) is 83.3 Å². The van der Waals surface area contributed by atoms with Crippen molar-refractivity contribution in [1.29, 1.82) is 0 Å². The van der Waals surface area contributed by atoms with E-state index in [4.69, 9.17) is 9.40 Å². The van der Waals surface area contributed by atoms with E-state index in [-0.39, 0.29) is 25.9 Å². The Kier molecular flexibility index (Phi) is 10.5. The third-order valence-corrected chi connectivity index (χ3v) is 14.4. The van der Waals surface area contributed by atoms with Crippen LogP contribution in [0, 0.1) is 24.9 Å². The van der Waals surface area contributed by atoms with Crippen LogP contribution in [0.1, 0.15) is 5.69 Å². The van der Waals surface area contributed by atoms with Gasteiger partial charge in [-0.05, 0) is 42.8 Å². The van der Waals surface area contributed by atoms with Crippen molar-refractivity contribution in [2.45, 2.75) is 24.2 Å². The molecule has 6 aromatic carbocycles. The van der Waals surface area contributed by atoms with Crippen LogP contribution >= 0.6 is 0 Å². The van der Waals surface area contributed by atoms with Crippen LogP contribution in [-0.4, -0.2) is 32.8 Å². The fourth-order valence-corrected chi connectivity index (χ4v) is 9.42. The SMILES string of the molecule is Cc1ccc2c(n1)oc1c(-c3nc4ccccc4n3-c3c(-c4ccccc4)cc(F)c4ccccc34)[c-]ccc12.[CH3][Ge]([CH3])([CH3])[c]1ccc(-c2[c-]cccc2)nc1.[Ir]. The molecule has 1 radical (unpaired) electrons. The molecule has 0 aliphatic heterocycles. The van der Waals surface area contributed by atoms with Crippen molar-refractivity contribution >= 4 is 61.5 Å². The van der Waals surface area contributed by atoms with Crippen molar-refractivity contribution in [3.05, 3.63) is 175 Å². The molecule has 57 heavy (non-hydrogen) atoms.